The van der Waals surface area contributed by atoms with Gasteiger partial charge in [-0.1, -0.05) is 55.8 Å². The second kappa shape index (κ2) is 7.03. The van der Waals surface area contributed by atoms with Crippen LogP contribution in [0.2, 0.25) is 0 Å². The van der Waals surface area contributed by atoms with Crippen molar-refractivity contribution in [3.05, 3.63) is 70.3 Å². The van der Waals surface area contributed by atoms with Gasteiger partial charge < -0.3 is 4.74 Å². The Morgan fingerprint density at radius 3 is 2.52 bits per heavy atom. The van der Waals surface area contributed by atoms with Gasteiger partial charge in [-0.2, -0.15) is 0 Å². The minimum absolute atomic E-state index is 0.125. The second-order valence-corrected chi connectivity index (χ2v) is 8.08. The molecule has 1 aliphatic rings. The minimum Gasteiger partial charge on any atom is -0.475 e. The summed E-state index contributed by atoms with van der Waals surface area (Å²) in [6.07, 6.45) is 2.04. The predicted octanol–water partition coefficient (Wildman–Crippen LogP) is 5.46. The quantitative estimate of drug-likeness (QED) is 0.711. The Morgan fingerprint density at radius 2 is 1.88 bits per heavy atom. The molecule has 0 amide bonds. The van der Waals surface area contributed by atoms with Gasteiger partial charge in [0, 0.05) is 5.56 Å². The van der Waals surface area contributed by atoms with Crippen LogP contribution in [0.3, 0.4) is 0 Å². The molecule has 1 aliphatic heterocycles. The number of hydrogen-bond donors (Lipinski definition) is 0. The number of nitrogens with zero attached hydrogens (tertiary/aromatic N) is 1. The molecule has 0 fully saturated rings. The van der Waals surface area contributed by atoms with Crippen LogP contribution in [0.25, 0.3) is 0 Å². The van der Waals surface area contributed by atoms with Gasteiger partial charge >= 0.3 is 0 Å². The van der Waals surface area contributed by atoms with Gasteiger partial charge in [-0.05, 0) is 62.3 Å². The lowest BCUT2D eigenvalue weighted by Crippen LogP contribution is -2.17. The maximum absolute atomic E-state index is 5.92. The molecule has 3 rings (SSSR count). The summed E-state index contributed by atoms with van der Waals surface area (Å²) in [6.45, 7) is 11.5. The number of hydrogen-bond acceptors (Lipinski definition) is 2. The summed E-state index contributed by atoms with van der Waals surface area (Å²) in [5.74, 6) is 1.33. The molecule has 0 N–H and O–H groups in total. The van der Waals surface area contributed by atoms with Crippen molar-refractivity contribution in [2.75, 3.05) is 6.61 Å². The van der Waals surface area contributed by atoms with Gasteiger partial charge in [0.15, 0.2) is 0 Å². The zero-order chi connectivity index (χ0) is 18.0. The van der Waals surface area contributed by atoms with Crippen molar-refractivity contribution in [1.82, 2.24) is 0 Å². The molecular formula is C23H29NO. The monoisotopic (exact) mass is 335 g/mol. The Kier molecular flexibility index (Phi) is 4.99. The molecule has 0 atom stereocenters. The molecule has 0 saturated carbocycles. The third kappa shape index (κ3) is 4.31. The second-order valence-electron chi connectivity index (χ2n) is 8.08. The van der Waals surface area contributed by atoms with Crippen LogP contribution in [0.5, 0.6) is 0 Å². The molecule has 0 aromatic heterocycles. The molecule has 0 radical (unpaired) electrons. The van der Waals surface area contributed by atoms with E-state index in [1.807, 2.05) is 0 Å². The Morgan fingerprint density at radius 1 is 1.08 bits per heavy atom. The van der Waals surface area contributed by atoms with E-state index in [9.17, 15) is 0 Å². The van der Waals surface area contributed by atoms with Crippen molar-refractivity contribution in [2.45, 2.75) is 58.9 Å². The molecule has 1 heterocycles. The van der Waals surface area contributed by atoms with Gasteiger partial charge in [0.2, 0.25) is 5.90 Å². The van der Waals surface area contributed by atoms with Crippen molar-refractivity contribution in [3.63, 3.8) is 0 Å². The van der Waals surface area contributed by atoms with E-state index in [2.05, 4.69) is 77.1 Å². The van der Waals surface area contributed by atoms with Gasteiger partial charge in [0.05, 0.1) is 5.54 Å². The summed E-state index contributed by atoms with van der Waals surface area (Å²) in [5.41, 5.74) is 6.45. The van der Waals surface area contributed by atoms with Crippen LogP contribution in [-0.2, 0) is 17.6 Å². The van der Waals surface area contributed by atoms with Crippen molar-refractivity contribution in [1.29, 1.82) is 0 Å². The molecule has 0 saturated heterocycles. The summed E-state index contributed by atoms with van der Waals surface area (Å²) in [6, 6.07) is 15.5. The fraction of sp³-hybridized carbons (Fsp3) is 0.435. The van der Waals surface area contributed by atoms with Crippen LogP contribution in [-0.4, -0.2) is 18.0 Å². The molecule has 2 aromatic rings. The first-order chi connectivity index (χ1) is 11.8. The highest BCUT2D eigenvalue weighted by Gasteiger charge is 2.28. The third-order valence-electron chi connectivity index (χ3n) is 4.76. The molecule has 2 heteroatoms. The number of benzene rings is 2. The van der Waals surface area contributed by atoms with Crippen molar-refractivity contribution >= 4 is 5.90 Å². The van der Waals surface area contributed by atoms with E-state index in [0.29, 0.717) is 12.5 Å². The normalized spacial score (nSPS) is 16.0. The summed E-state index contributed by atoms with van der Waals surface area (Å²) in [7, 11) is 0. The number of ether oxygens (including phenoxy) is 1. The zero-order valence-corrected chi connectivity index (χ0v) is 16.1. The van der Waals surface area contributed by atoms with Crippen molar-refractivity contribution in [2.24, 2.45) is 4.99 Å². The van der Waals surface area contributed by atoms with Gasteiger partial charge in [-0.15, -0.1) is 0 Å². The van der Waals surface area contributed by atoms with E-state index in [0.717, 1.165) is 24.3 Å². The van der Waals surface area contributed by atoms with Crippen molar-refractivity contribution < 1.29 is 4.74 Å². The average molecular weight is 335 g/mol. The predicted molar refractivity (Wildman–Crippen MR) is 106 cm³/mol. The van der Waals surface area contributed by atoms with Crippen LogP contribution in [0.4, 0.5) is 0 Å². The number of rotatable bonds is 5. The van der Waals surface area contributed by atoms with E-state index in [1.165, 1.54) is 22.3 Å². The van der Waals surface area contributed by atoms with E-state index in [1.54, 1.807) is 0 Å². The van der Waals surface area contributed by atoms with Crippen LogP contribution >= 0.6 is 0 Å². The Balaban J connectivity index is 1.90. The summed E-state index contributed by atoms with van der Waals surface area (Å²) in [4.78, 5) is 4.79. The molecule has 25 heavy (non-hydrogen) atoms. The van der Waals surface area contributed by atoms with Gasteiger partial charge in [-0.3, -0.25) is 0 Å². The highest BCUT2D eigenvalue weighted by molar-refractivity contribution is 5.97. The maximum atomic E-state index is 5.92. The van der Waals surface area contributed by atoms with Crippen molar-refractivity contribution in [3.8, 4) is 0 Å². The van der Waals surface area contributed by atoms with Crippen LogP contribution in [0.15, 0.2) is 47.5 Å². The first kappa shape index (κ1) is 17.7. The van der Waals surface area contributed by atoms with E-state index in [-0.39, 0.29) is 5.54 Å². The highest BCUT2D eigenvalue weighted by atomic mass is 16.5. The maximum Gasteiger partial charge on any atom is 0.217 e. The molecule has 2 aromatic carbocycles. The van der Waals surface area contributed by atoms with Gasteiger partial charge in [-0.25, -0.2) is 4.99 Å². The highest BCUT2D eigenvalue weighted by Crippen LogP contribution is 2.26. The minimum atomic E-state index is -0.125. The molecule has 0 aliphatic carbocycles. The molecule has 0 bridgehead atoms. The average Bonchev–Trinajstić information content (AvgIpc) is 2.92. The first-order valence-corrected chi connectivity index (χ1v) is 9.25. The summed E-state index contributed by atoms with van der Waals surface area (Å²) in [5, 5.41) is 0. The molecular weight excluding hydrogens is 306 g/mol. The topological polar surface area (TPSA) is 21.6 Å². The first-order valence-electron chi connectivity index (χ1n) is 9.25. The lowest BCUT2D eigenvalue weighted by molar-refractivity contribution is 0.279. The zero-order valence-electron chi connectivity index (χ0n) is 16.1. The molecule has 0 unspecified atom stereocenters. The largest absolute Gasteiger partial charge is 0.475 e. The number of aliphatic imine (C=N–C) groups is 1. The lowest BCUT2D eigenvalue weighted by atomic mass is 9.93. The van der Waals surface area contributed by atoms with E-state index in [4.69, 9.17) is 9.73 Å². The van der Waals surface area contributed by atoms with Gasteiger partial charge in [0.25, 0.3) is 0 Å². The molecule has 0 spiro atoms. The standard InChI is InChI=1S/C23H29NO/c1-16(2)19-11-12-21(22-24-23(4,5)15-25-22)20(14-19)10-9-18-8-6-7-17(3)13-18/h6-8,11-14,16H,9-10,15H2,1-5H3. The van der Waals surface area contributed by atoms with Crippen LogP contribution in [0.1, 0.15) is 61.4 Å². The van der Waals surface area contributed by atoms with E-state index >= 15 is 0 Å². The molecule has 132 valence electrons. The third-order valence-corrected chi connectivity index (χ3v) is 4.76. The molecule has 2 nitrogen and oxygen atoms in total. The SMILES string of the molecule is Cc1cccc(CCc2cc(C(C)C)ccc2C2=NC(C)(C)CO2)c1. The van der Waals surface area contributed by atoms with E-state index < -0.39 is 0 Å². The Labute approximate surface area is 152 Å². The Bertz CT molecular complexity index is 786. The van der Waals surface area contributed by atoms with Crippen LogP contribution in [0, 0.1) is 6.92 Å². The summed E-state index contributed by atoms with van der Waals surface area (Å²) >= 11 is 0. The van der Waals surface area contributed by atoms with Crippen LogP contribution < -0.4 is 0 Å². The smallest absolute Gasteiger partial charge is 0.217 e. The van der Waals surface area contributed by atoms with Gasteiger partial charge in [0.1, 0.15) is 6.61 Å². The number of aryl methyl sites for hydroxylation is 3. The Hall–Kier alpha value is -2.09. The fourth-order valence-electron chi connectivity index (χ4n) is 3.26. The lowest BCUT2D eigenvalue weighted by Gasteiger charge is -2.14. The fourth-order valence-corrected chi connectivity index (χ4v) is 3.26. The summed E-state index contributed by atoms with van der Waals surface area (Å²) < 4.78 is 5.92.